The molecule has 7 nitrogen and oxygen atoms in total. The van der Waals surface area contributed by atoms with Gasteiger partial charge >= 0.3 is 13.2 Å². The van der Waals surface area contributed by atoms with Crippen LogP contribution < -0.4 is 5.46 Å². The van der Waals surface area contributed by atoms with Gasteiger partial charge in [0, 0.05) is 36.2 Å². The number of hydrogen-bond donors (Lipinski definition) is 0. The Hall–Kier alpha value is -1.32. The molecule has 0 bridgehead atoms. The summed E-state index contributed by atoms with van der Waals surface area (Å²) < 4.78 is 17.6. The molecule has 0 radical (unpaired) electrons. The number of hydrogen-bond acceptors (Lipinski definition) is 7. The highest BCUT2D eigenvalue weighted by Crippen LogP contribution is 2.36. The molecule has 1 amide bonds. The SMILES string of the molecule is CC(C)(C)OC(=O)N1CCCC(Sc2ncc(B3OC(C)(C)C(C)(C)O3)cn2)C1. The van der Waals surface area contributed by atoms with Crippen LogP contribution in [0.4, 0.5) is 4.79 Å². The van der Waals surface area contributed by atoms with E-state index in [0.717, 1.165) is 24.8 Å². The molecule has 9 heteroatoms. The van der Waals surface area contributed by atoms with Crippen molar-refractivity contribution < 1.29 is 18.8 Å². The molecular weight excluding hydrogens is 389 g/mol. The Balaban J connectivity index is 1.58. The second-order valence-corrected chi connectivity index (χ2v) is 11.0. The van der Waals surface area contributed by atoms with Gasteiger partial charge in [-0.3, -0.25) is 0 Å². The second-order valence-electron chi connectivity index (χ2n) is 9.70. The van der Waals surface area contributed by atoms with Crippen molar-refractivity contribution in [2.45, 2.75) is 88.5 Å². The average molecular weight is 421 g/mol. The third-order valence-electron chi connectivity index (χ3n) is 5.48. The number of likely N-dealkylation sites (tertiary alicyclic amines) is 1. The summed E-state index contributed by atoms with van der Waals surface area (Å²) in [5, 5.41) is 0.945. The summed E-state index contributed by atoms with van der Waals surface area (Å²) in [4.78, 5) is 23.1. The maximum Gasteiger partial charge on any atom is 0.498 e. The van der Waals surface area contributed by atoms with Crippen LogP contribution in [0.25, 0.3) is 0 Å². The molecule has 1 aromatic heterocycles. The number of thioether (sulfide) groups is 1. The molecule has 0 N–H and O–H groups in total. The van der Waals surface area contributed by atoms with Gasteiger partial charge < -0.3 is 18.9 Å². The average Bonchev–Trinajstić information content (AvgIpc) is 2.82. The highest BCUT2D eigenvalue weighted by atomic mass is 32.2. The maximum absolute atomic E-state index is 12.3. The van der Waals surface area contributed by atoms with E-state index in [9.17, 15) is 4.79 Å². The van der Waals surface area contributed by atoms with Gasteiger partial charge in [-0.05, 0) is 61.3 Å². The molecule has 160 valence electrons. The quantitative estimate of drug-likeness (QED) is 0.548. The molecule has 29 heavy (non-hydrogen) atoms. The van der Waals surface area contributed by atoms with Gasteiger partial charge in [0.1, 0.15) is 5.60 Å². The van der Waals surface area contributed by atoms with Gasteiger partial charge in [-0.1, -0.05) is 11.8 Å². The van der Waals surface area contributed by atoms with E-state index in [0.29, 0.717) is 11.7 Å². The van der Waals surface area contributed by atoms with Gasteiger partial charge in [-0.2, -0.15) is 0 Å². The Morgan fingerprint density at radius 3 is 2.34 bits per heavy atom. The molecule has 2 fully saturated rings. The smallest absolute Gasteiger partial charge is 0.444 e. The molecule has 0 aromatic carbocycles. The lowest BCUT2D eigenvalue weighted by Gasteiger charge is -2.33. The van der Waals surface area contributed by atoms with Crippen LogP contribution in [0.15, 0.2) is 17.6 Å². The largest absolute Gasteiger partial charge is 0.498 e. The Bertz CT molecular complexity index is 720. The standard InChI is InChI=1S/C20H32BN3O4S/c1-18(2,3)26-17(25)24-10-8-9-15(13-24)29-16-22-11-14(12-23-16)21-27-19(4,5)20(6,7)28-21/h11-12,15H,8-10,13H2,1-7H3. The lowest BCUT2D eigenvalue weighted by molar-refractivity contribution is 0.00578. The first-order valence-corrected chi connectivity index (χ1v) is 11.1. The van der Waals surface area contributed by atoms with Crippen molar-refractivity contribution in [3.05, 3.63) is 12.4 Å². The molecule has 0 aliphatic carbocycles. The minimum Gasteiger partial charge on any atom is -0.444 e. The van der Waals surface area contributed by atoms with Crippen LogP contribution in [0.1, 0.15) is 61.3 Å². The van der Waals surface area contributed by atoms with Gasteiger partial charge in [-0.15, -0.1) is 0 Å². The summed E-state index contributed by atoms with van der Waals surface area (Å²) in [7, 11) is -0.462. The molecule has 2 aliphatic rings. The topological polar surface area (TPSA) is 73.8 Å². The number of nitrogens with zero attached hydrogens (tertiary/aromatic N) is 3. The van der Waals surface area contributed by atoms with Crippen molar-refractivity contribution >= 4 is 30.4 Å². The lowest BCUT2D eigenvalue weighted by Crippen LogP contribution is -2.43. The summed E-state index contributed by atoms with van der Waals surface area (Å²) in [6.45, 7) is 15.1. The number of carbonyl (C=O) groups is 1. The molecule has 3 heterocycles. The van der Waals surface area contributed by atoms with Crippen molar-refractivity contribution in [2.75, 3.05) is 13.1 Å². The number of piperidine rings is 1. The van der Waals surface area contributed by atoms with Crippen LogP contribution in [0, 0.1) is 0 Å². The highest BCUT2D eigenvalue weighted by Gasteiger charge is 2.52. The van der Waals surface area contributed by atoms with Crippen molar-refractivity contribution in [3.8, 4) is 0 Å². The van der Waals surface area contributed by atoms with E-state index < -0.39 is 23.9 Å². The van der Waals surface area contributed by atoms with Crippen molar-refractivity contribution in [2.24, 2.45) is 0 Å². The van der Waals surface area contributed by atoms with Crippen molar-refractivity contribution in [1.82, 2.24) is 14.9 Å². The molecule has 1 atom stereocenters. The number of carbonyl (C=O) groups excluding carboxylic acids is 1. The van der Waals surface area contributed by atoms with Gasteiger partial charge in [0.15, 0.2) is 5.16 Å². The molecule has 3 rings (SSSR count). The van der Waals surface area contributed by atoms with E-state index >= 15 is 0 Å². The fourth-order valence-electron chi connectivity index (χ4n) is 3.16. The van der Waals surface area contributed by atoms with Crippen LogP contribution >= 0.6 is 11.8 Å². The number of rotatable bonds is 3. The Kier molecular flexibility index (Phi) is 6.23. The van der Waals surface area contributed by atoms with Crippen LogP contribution in [0.5, 0.6) is 0 Å². The van der Waals surface area contributed by atoms with Gasteiger partial charge in [-0.25, -0.2) is 14.8 Å². The summed E-state index contributed by atoms with van der Waals surface area (Å²) >= 11 is 1.60. The lowest BCUT2D eigenvalue weighted by atomic mass is 9.81. The maximum atomic E-state index is 12.3. The first kappa shape index (κ1) is 22.4. The first-order valence-electron chi connectivity index (χ1n) is 10.2. The van der Waals surface area contributed by atoms with E-state index in [2.05, 4.69) is 9.97 Å². The monoisotopic (exact) mass is 421 g/mol. The molecule has 1 aromatic rings. The Morgan fingerprint density at radius 2 is 1.79 bits per heavy atom. The molecule has 0 saturated carbocycles. The first-order chi connectivity index (χ1) is 13.4. The normalized spacial score (nSPS) is 23.9. The molecular formula is C20H32BN3O4S. The van der Waals surface area contributed by atoms with Crippen LogP contribution in [0.2, 0.25) is 0 Å². The molecule has 1 unspecified atom stereocenters. The van der Waals surface area contributed by atoms with Crippen molar-refractivity contribution in [3.63, 3.8) is 0 Å². The van der Waals surface area contributed by atoms with E-state index in [-0.39, 0.29) is 11.3 Å². The highest BCUT2D eigenvalue weighted by molar-refractivity contribution is 7.99. The summed E-state index contributed by atoms with van der Waals surface area (Å²) in [6.07, 6.45) is 5.26. The van der Waals surface area contributed by atoms with Gasteiger partial charge in [0.25, 0.3) is 0 Å². The zero-order valence-corrected chi connectivity index (χ0v) is 19.3. The molecule has 0 spiro atoms. The minimum absolute atomic E-state index is 0.249. The Morgan fingerprint density at radius 1 is 1.21 bits per heavy atom. The van der Waals surface area contributed by atoms with Gasteiger partial charge in [0.2, 0.25) is 0 Å². The second kappa shape index (κ2) is 8.08. The zero-order valence-electron chi connectivity index (χ0n) is 18.5. The number of ether oxygens (including phenoxy) is 1. The third-order valence-corrected chi connectivity index (χ3v) is 6.62. The van der Waals surface area contributed by atoms with E-state index in [1.54, 1.807) is 29.1 Å². The summed E-state index contributed by atoms with van der Waals surface area (Å²) in [5.41, 5.74) is -0.452. The zero-order chi connectivity index (χ0) is 21.4. The van der Waals surface area contributed by atoms with E-state index in [1.165, 1.54) is 0 Å². The third kappa shape index (κ3) is 5.44. The van der Waals surface area contributed by atoms with E-state index in [1.807, 2.05) is 48.5 Å². The van der Waals surface area contributed by atoms with Crippen molar-refractivity contribution in [1.29, 1.82) is 0 Å². The summed E-state index contributed by atoms with van der Waals surface area (Å²) in [5.74, 6) is 0. The molecule has 2 aliphatic heterocycles. The fraction of sp³-hybridized carbons (Fsp3) is 0.750. The van der Waals surface area contributed by atoms with Crippen LogP contribution in [-0.2, 0) is 14.0 Å². The Labute approximate surface area is 178 Å². The van der Waals surface area contributed by atoms with Gasteiger partial charge in [0.05, 0.1) is 11.2 Å². The predicted molar refractivity (Wildman–Crippen MR) is 114 cm³/mol. The number of aromatic nitrogens is 2. The summed E-state index contributed by atoms with van der Waals surface area (Å²) in [6, 6.07) is 0. The van der Waals surface area contributed by atoms with Crippen LogP contribution in [-0.4, -0.2) is 63.2 Å². The van der Waals surface area contributed by atoms with E-state index in [4.69, 9.17) is 14.0 Å². The minimum atomic E-state index is -0.483. The fourth-order valence-corrected chi connectivity index (χ4v) is 4.23. The number of amides is 1. The van der Waals surface area contributed by atoms with Crippen LogP contribution in [0.3, 0.4) is 0 Å². The predicted octanol–water partition coefficient (Wildman–Crippen LogP) is 3.27. The molecule has 2 saturated heterocycles.